The molecule has 1 aliphatic heterocycles. The van der Waals surface area contributed by atoms with Gasteiger partial charge >= 0.3 is 0 Å². The van der Waals surface area contributed by atoms with Crippen molar-refractivity contribution in [2.45, 2.75) is 19.4 Å². The Morgan fingerprint density at radius 2 is 2.00 bits per heavy atom. The zero-order valence-corrected chi connectivity index (χ0v) is 13.1. The molecule has 4 rings (SSSR count). The van der Waals surface area contributed by atoms with E-state index in [9.17, 15) is 4.39 Å². The van der Waals surface area contributed by atoms with Crippen LogP contribution in [0.5, 0.6) is 5.75 Å². The summed E-state index contributed by atoms with van der Waals surface area (Å²) in [5.41, 5.74) is 5.24. The van der Waals surface area contributed by atoms with Crippen molar-refractivity contribution in [3.63, 3.8) is 0 Å². The summed E-state index contributed by atoms with van der Waals surface area (Å²) in [6.07, 6.45) is 1.64. The van der Waals surface area contributed by atoms with Crippen molar-refractivity contribution in [1.82, 2.24) is 10.3 Å². The second kappa shape index (κ2) is 5.70. The third-order valence-electron chi connectivity index (χ3n) is 4.61. The fourth-order valence-corrected chi connectivity index (χ4v) is 3.50. The highest BCUT2D eigenvalue weighted by molar-refractivity contribution is 5.89. The molecule has 0 unspecified atom stereocenters. The van der Waals surface area contributed by atoms with Gasteiger partial charge in [-0.3, -0.25) is 0 Å². The number of nitrogens with one attached hydrogen (secondary N) is 2. The largest absolute Gasteiger partial charge is 0.496 e. The minimum Gasteiger partial charge on any atom is -0.496 e. The van der Waals surface area contributed by atoms with Crippen molar-refractivity contribution in [2.24, 2.45) is 0 Å². The van der Waals surface area contributed by atoms with Crippen molar-refractivity contribution in [3.8, 4) is 5.75 Å². The third-order valence-corrected chi connectivity index (χ3v) is 4.61. The molecule has 118 valence electrons. The molecule has 2 heterocycles. The van der Waals surface area contributed by atoms with E-state index in [-0.39, 0.29) is 5.82 Å². The molecule has 0 aliphatic carbocycles. The Kier molecular flexibility index (Phi) is 3.54. The molecular weight excluding hydrogens is 291 g/mol. The molecule has 1 aromatic heterocycles. The number of para-hydroxylation sites is 1. The van der Waals surface area contributed by atoms with Gasteiger partial charge in [-0.25, -0.2) is 4.39 Å². The Morgan fingerprint density at radius 1 is 1.13 bits per heavy atom. The molecule has 23 heavy (non-hydrogen) atoms. The van der Waals surface area contributed by atoms with E-state index in [0.29, 0.717) is 5.52 Å². The fourth-order valence-electron chi connectivity index (χ4n) is 3.50. The minimum atomic E-state index is -0.182. The number of benzene rings is 2. The van der Waals surface area contributed by atoms with E-state index < -0.39 is 0 Å². The number of ether oxygens (including phenoxy) is 1. The van der Waals surface area contributed by atoms with Crippen LogP contribution < -0.4 is 10.1 Å². The first-order valence-electron chi connectivity index (χ1n) is 7.91. The Labute approximate surface area is 134 Å². The lowest BCUT2D eigenvalue weighted by Crippen LogP contribution is -2.23. The quantitative estimate of drug-likeness (QED) is 0.776. The monoisotopic (exact) mass is 310 g/mol. The van der Waals surface area contributed by atoms with E-state index >= 15 is 0 Å². The molecule has 0 fully saturated rings. The maximum atomic E-state index is 14.3. The topological polar surface area (TPSA) is 37.0 Å². The van der Waals surface area contributed by atoms with Crippen LogP contribution in [0.25, 0.3) is 10.9 Å². The van der Waals surface area contributed by atoms with Crippen LogP contribution in [0.2, 0.25) is 0 Å². The summed E-state index contributed by atoms with van der Waals surface area (Å²) in [4.78, 5) is 3.29. The third kappa shape index (κ3) is 2.39. The standard InChI is InChI=1S/C19H19FN2O/c1-23-17-5-3-2-4-12(17)10-13-6-7-15(20)19-18(13)14-11-21-9-8-16(14)22-19/h2-7,21-22H,8-11H2,1H3. The maximum Gasteiger partial charge on any atom is 0.147 e. The maximum absolute atomic E-state index is 14.3. The predicted molar refractivity (Wildman–Crippen MR) is 89.5 cm³/mol. The summed E-state index contributed by atoms with van der Waals surface area (Å²) in [7, 11) is 1.68. The van der Waals surface area contributed by atoms with Gasteiger partial charge in [0.1, 0.15) is 11.6 Å². The fraction of sp³-hybridized carbons (Fsp3) is 0.263. The first-order chi connectivity index (χ1) is 11.3. The Bertz CT molecular complexity index is 869. The second-order valence-corrected chi connectivity index (χ2v) is 5.95. The number of aromatic amines is 1. The van der Waals surface area contributed by atoms with E-state index in [1.54, 1.807) is 13.2 Å². The van der Waals surface area contributed by atoms with Gasteiger partial charge in [0, 0.05) is 37.0 Å². The summed E-state index contributed by atoms with van der Waals surface area (Å²) < 4.78 is 19.7. The van der Waals surface area contributed by atoms with Crippen LogP contribution >= 0.6 is 0 Å². The van der Waals surface area contributed by atoms with Crippen molar-refractivity contribution in [2.75, 3.05) is 13.7 Å². The number of H-pyrrole nitrogens is 1. The van der Waals surface area contributed by atoms with Crippen molar-refractivity contribution >= 4 is 10.9 Å². The molecule has 4 heteroatoms. The molecule has 0 radical (unpaired) electrons. The lowest BCUT2D eigenvalue weighted by atomic mass is 9.96. The van der Waals surface area contributed by atoms with Gasteiger partial charge < -0.3 is 15.0 Å². The van der Waals surface area contributed by atoms with E-state index in [1.165, 1.54) is 5.56 Å². The van der Waals surface area contributed by atoms with E-state index in [1.807, 2.05) is 24.3 Å². The highest BCUT2D eigenvalue weighted by atomic mass is 19.1. The minimum absolute atomic E-state index is 0.182. The van der Waals surface area contributed by atoms with Crippen LogP contribution in [0, 0.1) is 5.82 Å². The summed E-state index contributed by atoms with van der Waals surface area (Å²) >= 11 is 0. The van der Waals surface area contributed by atoms with Crippen molar-refractivity contribution in [3.05, 3.63) is 64.6 Å². The molecule has 1 aliphatic rings. The highest BCUT2D eigenvalue weighted by Crippen LogP contribution is 2.32. The molecular formula is C19H19FN2O. The molecule has 0 saturated carbocycles. The molecule has 3 nitrogen and oxygen atoms in total. The summed E-state index contributed by atoms with van der Waals surface area (Å²) in [5.74, 6) is 0.686. The van der Waals surface area contributed by atoms with E-state index in [4.69, 9.17) is 4.74 Å². The van der Waals surface area contributed by atoms with Crippen LogP contribution in [0.4, 0.5) is 4.39 Å². The van der Waals surface area contributed by atoms with Gasteiger partial charge in [0.15, 0.2) is 0 Å². The first kappa shape index (κ1) is 14.3. The van der Waals surface area contributed by atoms with Gasteiger partial charge in [-0.15, -0.1) is 0 Å². The van der Waals surface area contributed by atoms with Gasteiger partial charge in [-0.2, -0.15) is 0 Å². The number of rotatable bonds is 3. The average Bonchev–Trinajstić information content (AvgIpc) is 2.98. The van der Waals surface area contributed by atoms with Gasteiger partial charge in [-0.1, -0.05) is 24.3 Å². The molecule has 0 spiro atoms. The smallest absolute Gasteiger partial charge is 0.147 e. The summed E-state index contributed by atoms with van der Waals surface area (Å²) in [6.45, 7) is 1.72. The lowest BCUT2D eigenvalue weighted by molar-refractivity contribution is 0.410. The molecule has 0 atom stereocenters. The normalized spacial score (nSPS) is 14.0. The molecule has 2 N–H and O–H groups in total. The van der Waals surface area contributed by atoms with Crippen LogP contribution in [0.15, 0.2) is 36.4 Å². The van der Waals surface area contributed by atoms with Crippen molar-refractivity contribution in [1.29, 1.82) is 0 Å². The number of hydrogen-bond donors (Lipinski definition) is 2. The lowest BCUT2D eigenvalue weighted by Gasteiger charge is -2.14. The van der Waals surface area contributed by atoms with Crippen LogP contribution in [-0.4, -0.2) is 18.6 Å². The van der Waals surface area contributed by atoms with Crippen molar-refractivity contribution < 1.29 is 9.13 Å². The van der Waals surface area contributed by atoms with E-state index in [2.05, 4.69) is 16.4 Å². The van der Waals surface area contributed by atoms with Crippen LogP contribution in [-0.2, 0) is 19.4 Å². The number of aromatic nitrogens is 1. The van der Waals surface area contributed by atoms with Crippen LogP contribution in [0.3, 0.4) is 0 Å². The number of methoxy groups -OCH3 is 1. The van der Waals surface area contributed by atoms with Gasteiger partial charge in [0.05, 0.1) is 12.6 Å². The zero-order valence-electron chi connectivity index (χ0n) is 13.1. The molecule has 0 bridgehead atoms. The number of halogens is 1. The second-order valence-electron chi connectivity index (χ2n) is 5.95. The van der Waals surface area contributed by atoms with Gasteiger partial charge in [0.25, 0.3) is 0 Å². The molecule has 3 aromatic rings. The molecule has 0 amide bonds. The Hall–Kier alpha value is -2.33. The number of hydrogen-bond acceptors (Lipinski definition) is 2. The zero-order chi connectivity index (χ0) is 15.8. The summed E-state index contributed by atoms with van der Waals surface area (Å²) in [6, 6.07) is 11.4. The van der Waals surface area contributed by atoms with Gasteiger partial charge in [0.2, 0.25) is 0 Å². The van der Waals surface area contributed by atoms with Crippen LogP contribution in [0.1, 0.15) is 22.4 Å². The number of fused-ring (bicyclic) bond motifs is 3. The van der Waals surface area contributed by atoms with Gasteiger partial charge in [-0.05, 0) is 28.8 Å². The molecule has 2 aromatic carbocycles. The Morgan fingerprint density at radius 3 is 2.87 bits per heavy atom. The average molecular weight is 310 g/mol. The first-order valence-corrected chi connectivity index (χ1v) is 7.91. The Balaban J connectivity index is 1.87. The molecule has 0 saturated heterocycles. The highest BCUT2D eigenvalue weighted by Gasteiger charge is 2.20. The van der Waals surface area contributed by atoms with E-state index in [0.717, 1.165) is 53.9 Å². The summed E-state index contributed by atoms with van der Waals surface area (Å²) in [5, 5.41) is 4.41. The predicted octanol–water partition coefficient (Wildman–Crippen LogP) is 3.55. The SMILES string of the molecule is COc1ccccc1Cc1ccc(F)c2[nH]c3c(c12)CNCC3.